The highest BCUT2D eigenvalue weighted by molar-refractivity contribution is 7.89. The van der Waals surface area contributed by atoms with Crippen molar-refractivity contribution in [3.05, 3.63) is 88.4 Å². The number of hydrogen-bond acceptors (Lipinski definition) is 5. The number of fused-ring (bicyclic) bond motifs is 1. The number of anilines is 2. The Morgan fingerprint density at radius 2 is 1.50 bits per heavy atom. The molecule has 4 rings (SSSR count). The van der Waals surface area contributed by atoms with Gasteiger partial charge in [-0.3, -0.25) is 14.4 Å². The molecule has 34 heavy (non-hydrogen) atoms. The molecule has 1 aliphatic heterocycles. The molecule has 0 aliphatic carbocycles. The molecule has 0 fully saturated rings. The Hall–Kier alpha value is -3.53. The molecule has 10 heteroatoms. The maximum Gasteiger partial charge on any atom is 0.266 e. The van der Waals surface area contributed by atoms with Gasteiger partial charge in [0.25, 0.3) is 17.7 Å². The van der Waals surface area contributed by atoms with Crippen LogP contribution in [-0.4, -0.2) is 32.2 Å². The first-order valence-electron chi connectivity index (χ1n) is 10.3. The Labute approximate surface area is 201 Å². The van der Waals surface area contributed by atoms with E-state index < -0.39 is 27.7 Å². The van der Waals surface area contributed by atoms with Crippen molar-refractivity contribution in [1.29, 1.82) is 0 Å². The maximum absolute atomic E-state index is 12.7. The third-order valence-corrected chi connectivity index (χ3v) is 7.04. The SMILES string of the molecule is CC(C)NS(=O)(=O)c1ccc(C(=O)Nc2ccc(N3C(=O)c4ccccc4C3=O)c(Cl)c2)cc1. The summed E-state index contributed by atoms with van der Waals surface area (Å²) in [6.07, 6.45) is 0. The van der Waals surface area contributed by atoms with Gasteiger partial charge < -0.3 is 5.32 Å². The predicted molar refractivity (Wildman–Crippen MR) is 129 cm³/mol. The first-order valence-corrected chi connectivity index (χ1v) is 12.2. The van der Waals surface area contributed by atoms with Crippen molar-refractivity contribution in [2.75, 3.05) is 10.2 Å². The number of nitrogens with zero attached hydrogens (tertiary/aromatic N) is 1. The first-order chi connectivity index (χ1) is 16.1. The minimum atomic E-state index is -3.67. The quantitative estimate of drug-likeness (QED) is 0.498. The Morgan fingerprint density at radius 3 is 2.03 bits per heavy atom. The van der Waals surface area contributed by atoms with Gasteiger partial charge in [0.05, 0.1) is 26.7 Å². The van der Waals surface area contributed by atoms with Crippen molar-refractivity contribution in [1.82, 2.24) is 4.72 Å². The van der Waals surface area contributed by atoms with Gasteiger partial charge in [0.2, 0.25) is 10.0 Å². The van der Waals surface area contributed by atoms with Gasteiger partial charge in [0.1, 0.15) is 0 Å². The van der Waals surface area contributed by atoms with Crippen LogP contribution in [0.2, 0.25) is 5.02 Å². The second-order valence-electron chi connectivity index (χ2n) is 7.91. The standard InChI is InChI=1S/C24H20ClN3O5S/c1-14(2)27-34(32,33)17-10-7-15(8-11-17)22(29)26-16-9-12-21(20(25)13-16)28-23(30)18-5-3-4-6-19(18)24(28)31/h3-14,27H,1-2H3,(H,26,29). The Balaban J connectivity index is 1.51. The fourth-order valence-corrected chi connectivity index (χ4v) is 5.06. The van der Waals surface area contributed by atoms with Crippen LogP contribution >= 0.6 is 11.6 Å². The predicted octanol–water partition coefficient (Wildman–Crippen LogP) is 4.08. The zero-order chi connectivity index (χ0) is 24.6. The molecule has 8 nitrogen and oxygen atoms in total. The van der Waals surface area contributed by atoms with E-state index >= 15 is 0 Å². The second kappa shape index (κ2) is 9.02. The average Bonchev–Trinajstić information content (AvgIpc) is 3.04. The first kappa shape index (κ1) is 23.6. The van der Waals surface area contributed by atoms with Gasteiger partial charge in [0, 0.05) is 17.3 Å². The summed E-state index contributed by atoms with van der Waals surface area (Å²) in [6.45, 7) is 3.42. The third kappa shape index (κ3) is 4.45. The molecule has 2 N–H and O–H groups in total. The van der Waals surface area contributed by atoms with Crippen LogP contribution in [0.25, 0.3) is 0 Å². The van der Waals surface area contributed by atoms with E-state index in [1.165, 1.54) is 42.5 Å². The minimum absolute atomic E-state index is 0.0473. The van der Waals surface area contributed by atoms with E-state index in [1.54, 1.807) is 38.1 Å². The van der Waals surface area contributed by atoms with E-state index in [4.69, 9.17) is 11.6 Å². The fourth-order valence-electron chi connectivity index (χ4n) is 3.54. The molecule has 0 unspecified atom stereocenters. The molecule has 0 saturated carbocycles. The lowest BCUT2D eigenvalue weighted by Gasteiger charge is -2.16. The lowest BCUT2D eigenvalue weighted by molar-refractivity contribution is 0.0924. The van der Waals surface area contributed by atoms with Gasteiger partial charge in [-0.25, -0.2) is 18.0 Å². The van der Waals surface area contributed by atoms with E-state index in [0.29, 0.717) is 16.8 Å². The van der Waals surface area contributed by atoms with Crippen molar-refractivity contribution in [3.63, 3.8) is 0 Å². The second-order valence-corrected chi connectivity index (χ2v) is 10.0. The summed E-state index contributed by atoms with van der Waals surface area (Å²) in [6, 6.07) is 16.2. The van der Waals surface area contributed by atoms with Crippen molar-refractivity contribution in [3.8, 4) is 0 Å². The summed E-state index contributed by atoms with van der Waals surface area (Å²) in [5.74, 6) is -1.42. The van der Waals surface area contributed by atoms with E-state index in [-0.39, 0.29) is 27.2 Å². The van der Waals surface area contributed by atoms with Gasteiger partial charge in [-0.05, 0) is 68.4 Å². The van der Waals surface area contributed by atoms with Crippen LogP contribution in [0, 0.1) is 0 Å². The van der Waals surface area contributed by atoms with Gasteiger partial charge in [-0.2, -0.15) is 0 Å². The lowest BCUT2D eigenvalue weighted by atomic mass is 10.1. The van der Waals surface area contributed by atoms with Crippen molar-refractivity contribution < 1.29 is 22.8 Å². The van der Waals surface area contributed by atoms with E-state index in [1.807, 2.05) is 0 Å². The van der Waals surface area contributed by atoms with Crippen LogP contribution in [0.4, 0.5) is 11.4 Å². The van der Waals surface area contributed by atoms with Gasteiger partial charge >= 0.3 is 0 Å². The molecule has 3 aromatic rings. The van der Waals surface area contributed by atoms with Crippen LogP contribution in [0.3, 0.4) is 0 Å². The van der Waals surface area contributed by atoms with Crippen LogP contribution in [0.15, 0.2) is 71.6 Å². The van der Waals surface area contributed by atoms with Crippen LogP contribution in [-0.2, 0) is 10.0 Å². The molecule has 0 saturated heterocycles. The molecule has 0 spiro atoms. The van der Waals surface area contributed by atoms with E-state index in [0.717, 1.165) is 4.90 Å². The number of sulfonamides is 1. The highest BCUT2D eigenvalue weighted by Crippen LogP contribution is 2.34. The number of carbonyl (C=O) groups excluding carboxylic acids is 3. The summed E-state index contributed by atoms with van der Waals surface area (Å²) >= 11 is 6.35. The van der Waals surface area contributed by atoms with Crippen LogP contribution in [0.5, 0.6) is 0 Å². The van der Waals surface area contributed by atoms with Crippen molar-refractivity contribution >= 4 is 50.7 Å². The smallest absolute Gasteiger partial charge is 0.266 e. The Morgan fingerprint density at radius 1 is 0.912 bits per heavy atom. The topological polar surface area (TPSA) is 113 Å². The summed E-state index contributed by atoms with van der Waals surface area (Å²) < 4.78 is 26.9. The molecule has 1 heterocycles. The molecule has 3 aromatic carbocycles. The van der Waals surface area contributed by atoms with Crippen LogP contribution < -0.4 is 14.9 Å². The van der Waals surface area contributed by atoms with E-state index in [2.05, 4.69) is 10.0 Å². The van der Waals surface area contributed by atoms with Crippen molar-refractivity contribution in [2.45, 2.75) is 24.8 Å². The lowest BCUT2D eigenvalue weighted by Crippen LogP contribution is -2.30. The molecule has 174 valence electrons. The number of rotatable bonds is 6. The number of hydrogen-bond donors (Lipinski definition) is 2. The Bertz CT molecular complexity index is 1380. The molecule has 1 aliphatic rings. The van der Waals surface area contributed by atoms with Gasteiger partial charge in [-0.1, -0.05) is 23.7 Å². The zero-order valence-electron chi connectivity index (χ0n) is 18.2. The largest absolute Gasteiger partial charge is 0.322 e. The summed E-state index contributed by atoms with van der Waals surface area (Å²) in [7, 11) is -3.67. The normalized spacial score (nSPS) is 13.4. The molecule has 0 aromatic heterocycles. The molecular formula is C24H20ClN3O5S. The number of amides is 3. The van der Waals surface area contributed by atoms with Gasteiger partial charge in [0.15, 0.2) is 0 Å². The molecule has 3 amide bonds. The van der Waals surface area contributed by atoms with Crippen molar-refractivity contribution in [2.24, 2.45) is 0 Å². The molecule has 0 atom stereocenters. The third-order valence-electron chi connectivity index (χ3n) is 5.06. The number of benzene rings is 3. The number of imide groups is 1. The molecular weight excluding hydrogens is 478 g/mol. The monoisotopic (exact) mass is 497 g/mol. The fraction of sp³-hybridized carbons (Fsp3) is 0.125. The highest BCUT2D eigenvalue weighted by Gasteiger charge is 2.37. The summed E-state index contributed by atoms with van der Waals surface area (Å²) in [4.78, 5) is 39.1. The highest BCUT2D eigenvalue weighted by atomic mass is 35.5. The number of carbonyl (C=O) groups is 3. The number of nitrogens with one attached hydrogen (secondary N) is 2. The summed E-state index contributed by atoms with van der Waals surface area (Å²) in [5, 5.41) is 2.78. The molecule has 0 bridgehead atoms. The van der Waals surface area contributed by atoms with Crippen LogP contribution in [0.1, 0.15) is 44.9 Å². The van der Waals surface area contributed by atoms with Gasteiger partial charge in [-0.15, -0.1) is 0 Å². The minimum Gasteiger partial charge on any atom is -0.322 e. The van der Waals surface area contributed by atoms with E-state index in [9.17, 15) is 22.8 Å². The maximum atomic E-state index is 12.7. The zero-order valence-corrected chi connectivity index (χ0v) is 19.8. The average molecular weight is 498 g/mol. The number of halogens is 1. The molecule has 0 radical (unpaired) electrons. The Kier molecular flexibility index (Phi) is 6.26. The summed E-state index contributed by atoms with van der Waals surface area (Å²) in [5.41, 5.74) is 1.39.